The second-order valence-corrected chi connectivity index (χ2v) is 8.04. The quantitative estimate of drug-likeness (QED) is 0.621. The van der Waals surface area contributed by atoms with Crippen LogP contribution in [0.5, 0.6) is 0 Å². The molecule has 0 aromatic carbocycles. The fraction of sp³-hybridized carbons (Fsp3) is 0.833. The molecule has 7 nitrogen and oxygen atoms in total. The topological polar surface area (TPSA) is 90.5 Å². The van der Waals surface area contributed by atoms with Crippen molar-refractivity contribution in [3.05, 3.63) is 0 Å². The number of rotatable bonds is 7. The largest absolute Gasteiger partial charge is 0.354 e. The first kappa shape index (κ1) is 21.4. The zero-order valence-corrected chi connectivity index (χ0v) is 16.4. The number of hydrogen-bond acceptors (Lipinski definition) is 4. The van der Waals surface area contributed by atoms with E-state index < -0.39 is 17.5 Å². The van der Waals surface area contributed by atoms with Gasteiger partial charge in [0, 0.05) is 13.1 Å². The van der Waals surface area contributed by atoms with E-state index in [1.54, 1.807) is 11.9 Å². The highest BCUT2D eigenvalue weighted by molar-refractivity contribution is 5.93. The summed E-state index contributed by atoms with van der Waals surface area (Å²) in [6.07, 6.45) is 1.51. The second kappa shape index (κ2) is 9.17. The molecule has 0 aliphatic carbocycles. The molecule has 0 bridgehead atoms. The van der Waals surface area contributed by atoms with Crippen molar-refractivity contribution in [1.82, 2.24) is 20.9 Å². The van der Waals surface area contributed by atoms with E-state index in [1.165, 1.54) is 0 Å². The highest BCUT2D eigenvalue weighted by Crippen LogP contribution is 2.28. The monoisotopic (exact) mass is 354 g/mol. The highest BCUT2D eigenvalue weighted by Gasteiger charge is 2.43. The van der Waals surface area contributed by atoms with Crippen LogP contribution >= 0.6 is 0 Å². The fourth-order valence-corrected chi connectivity index (χ4v) is 3.09. The minimum Gasteiger partial charge on any atom is -0.354 e. The van der Waals surface area contributed by atoms with Gasteiger partial charge < -0.3 is 20.9 Å². The van der Waals surface area contributed by atoms with Gasteiger partial charge in [-0.3, -0.25) is 14.4 Å². The third kappa shape index (κ3) is 5.99. The first-order valence-corrected chi connectivity index (χ1v) is 9.13. The van der Waals surface area contributed by atoms with E-state index in [-0.39, 0.29) is 30.2 Å². The summed E-state index contributed by atoms with van der Waals surface area (Å²) in [6, 6.07) is -1.12. The van der Waals surface area contributed by atoms with Gasteiger partial charge in [-0.15, -0.1) is 0 Å². The molecule has 0 radical (unpaired) electrons. The number of hydrogen-bond donors (Lipinski definition) is 3. The Morgan fingerprint density at radius 1 is 1.24 bits per heavy atom. The van der Waals surface area contributed by atoms with Gasteiger partial charge in [0.25, 0.3) is 0 Å². The molecular formula is C18H34N4O3. The summed E-state index contributed by atoms with van der Waals surface area (Å²) in [5.74, 6) is -0.253. The predicted molar refractivity (Wildman–Crippen MR) is 97.9 cm³/mol. The van der Waals surface area contributed by atoms with Gasteiger partial charge in [-0.05, 0) is 31.2 Å². The van der Waals surface area contributed by atoms with Crippen molar-refractivity contribution >= 4 is 17.7 Å². The lowest BCUT2D eigenvalue weighted by molar-refractivity contribution is -0.143. The van der Waals surface area contributed by atoms with Crippen LogP contribution in [0, 0.1) is 11.3 Å². The summed E-state index contributed by atoms with van der Waals surface area (Å²) in [5, 5.41) is 8.50. The molecule has 3 atom stereocenters. The Morgan fingerprint density at radius 2 is 1.88 bits per heavy atom. The van der Waals surface area contributed by atoms with Crippen LogP contribution in [-0.2, 0) is 14.4 Å². The highest BCUT2D eigenvalue weighted by atomic mass is 16.2. The molecule has 144 valence electrons. The molecule has 25 heavy (non-hydrogen) atoms. The summed E-state index contributed by atoms with van der Waals surface area (Å²) >= 11 is 0. The van der Waals surface area contributed by atoms with Crippen LogP contribution in [0.3, 0.4) is 0 Å². The van der Waals surface area contributed by atoms with E-state index in [2.05, 4.69) is 16.0 Å². The number of amides is 3. The van der Waals surface area contributed by atoms with Crippen molar-refractivity contribution in [2.45, 2.75) is 59.5 Å². The zero-order chi connectivity index (χ0) is 19.2. The molecule has 1 heterocycles. The molecule has 3 N–H and O–H groups in total. The number of likely N-dealkylation sites (tertiary alicyclic amines) is 1. The summed E-state index contributed by atoms with van der Waals surface area (Å²) in [5.41, 5.74) is -0.448. The van der Waals surface area contributed by atoms with Gasteiger partial charge in [-0.1, -0.05) is 34.6 Å². The second-order valence-electron chi connectivity index (χ2n) is 8.04. The van der Waals surface area contributed by atoms with E-state index in [0.29, 0.717) is 19.5 Å². The van der Waals surface area contributed by atoms with Crippen molar-refractivity contribution < 1.29 is 14.4 Å². The number of nitrogens with zero attached hydrogens (tertiary/aromatic N) is 1. The van der Waals surface area contributed by atoms with Crippen molar-refractivity contribution in [3.8, 4) is 0 Å². The van der Waals surface area contributed by atoms with E-state index in [4.69, 9.17) is 0 Å². The van der Waals surface area contributed by atoms with Crippen LogP contribution in [0.25, 0.3) is 0 Å². The molecule has 0 saturated carbocycles. The maximum atomic E-state index is 13.2. The van der Waals surface area contributed by atoms with Gasteiger partial charge in [0.2, 0.25) is 17.7 Å². The number of carbonyl (C=O) groups excluding carboxylic acids is 3. The van der Waals surface area contributed by atoms with Gasteiger partial charge in [-0.25, -0.2) is 0 Å². The molecule has 1 fully saturated rings. The summed E-state index contributed by atoms with van der Waals surface area (Å²) < 4.78 is 0. The predicted octanol–water partition coefficient (Wildman–Crippen LogP) is 0.500. The van der Waals surface area contributed by atoms with Crippen molar-refractivity contribution in [1.29, 1.82) is 0 Å². The molecule has 3 amide bonds. The molecule has 1 saturated heterocycles. The van der Waals surface area contributed by atoms with Gasteiger partial charge >= 0.3 is 0 Å². The van der Waals surface area contributed by atoms with Crippen LogP contribution in [0.1, 0.15) is 47.5 Å². The van der Waals surface area contributed by atoms with Gasteiger partial charge in [0.1, 0.15) is 12.1 Å². The Kier molecular flexibility index (Phi) is 7.86. The van der Waals surface area contributed by atoms with Gasteiger partial charge in [-0.2, -0.15) is 0 Å². The third-order valence-corrected chi connectivity index (χ3v) is 4.40. The van der Waals surface area contributed by atoms with E-state index >= 15 is 0 Å². The molecule has 1 rings (SSSR count). The molecular weight excluding hydrogens is 320 g/mol. The van der Waals surface area contributed by atoms with Crippen molar-refractivity contribution in [3.63, 3.8) is 0 Å². The fourth-order valence-electron chi connectivity index (χ4n) is 3.09. The molecule has 1 aliphatic rings. The number of carbonyl (C=O) groups is 3. The first-order chi connectivity index (χ1) is 11.6. The number of nitrogens with one attached hydrogen (secondary N) is 3. The third-order valence-electron chi connectivity index (χ3n) is 4.40. The van der Waals surface area contributed by atoms with Crippen LogP contribution in [0.4, 0.5) is 0 Å². The average molecular weight is 354 g/mol. The maximum absolute atomic E-state index is 13.2. The molecule has 0 spiro atoms. The normalized spacial score (nSPS) is 21.8. The van der Waals surface area contributed by atoms with Crippen LogP contribution < -0.4 is 16.0 Å². The molecule has 0 aromatic rings. The Labute approximate surface area is 151 Å². The molecule has 1 aliphatic heterocycles. The minimum absolute atomic E-state index is 0.103. The Hall–Kier alpha value is -1.63. The summed E-state index contributed by atoms with van der Waals surface area (Å²) in [7, 11) is 1.68. The maximum Gasteiger partial charge on any atom is 0.246 e. The lowest BCUT2D eigenvalue weighted by Gasteiger charge is -2.35. The SMILES string of the molecule is CCCNC(=O)C1CC(C)CN1C(=O)C(NC(=O)CNC)C(C)(C)C. The summed E-state index contributed by atoms with van der Waals surface area (Å²) in [6.45, 7) is 11.1. The Bertz CT molecular complexity index is 487. The van der Waals surface area contributed by atoms with Crippen LogP contribution in [-0.4, -0.2) is 61.4 Å². The van der Waals surface area contributed by atoms with Crippen molar-refractivity contribution in [2.24, 2.45) is 11.3 Å². The molecule has 7 heteroatoms. The average Bonchev–Trinajstić information content (AvgIpc) is 2.91. The minimum atomic E-state index is -0.667. The zero-order valence-electron chi connectivity index (χ0n) is 16.4. The van der Waals surface area contributed by atoms with Gasteiger partial charge in [0.05, 0.1) is 6.54 Å². The molecule has 0 aromatic heterocycles. The summed E-state index contributed by atoms with van der Waals surface area (Å²) in [4.78, 5) is 39.3. The lowest BCUT2D eigenvalue weighted by atomic mass is 9.85. The smallest absolute Gasteiger partial charge is 0.246 e. The van der Waals surface area contributed by atoms with E-state index in [0.717, 1.165) is 6.42 Å². The van der Waals surface area contributed by atoms with E-state index in [9.17, 15) is 14.4 Å². The molecule has 3 unspecified atom stereocenters. The van der Waals surface area contributed by atoms with Crippen LogP contribution in [0.15, 0.2) is 0 Å². The van der Waals surface area contributed by atoms with Crippen LogP contribution in [0.2, 0.25) is 0 Å². The van der Waals surface area contributed by atoms with Gasteiger partial charge in [0.15, 0.2) is 0 Å². The van der Waals surface area contributed by atoms with Crippen molar-refractivity contribution in [2.75, 3.05) is 26.7 Å². The first-order valence-electron chi connectivity index (χ1n) is 9.13. The lowest BCUT2D eigenvalue weighted by Crippen LogP contribution is -2.58. The Morgan fingerprint density at radius 3 is 2.40 bits per heavy atom. The van der Waals surface area contributed by atoms with E-state index in [1.807, 2.05) is 34.6 Å². The number of likely N-dealkylation sites (N-methyl/N-ethyl adjacent to an activating group) is 1. The Balaban J connectivity index is 2.96. The standard InChI is InChI=1S/C18H34N4O3/c1-7-8-20-16(24)13-9-12(2)11-22(13)17(25)15(18(3,4)5)21-14(23)10-19-6/h12-13,15,19H,7-11H2,1-6H3,(H,20,24)(H,21,23).